The lowest BCUT2D eigenvalue weighted by Gasteiger charge is -2.26. The Balaban J connectivity index is 1.80. The van der Waals surface area contributed by atoms with E-state index in [-0.39, 0.29) is 17.3 Å². The molecule has 1 aliphatic rings. The predicted octanol–water partition coefficient (Wildman–Crippen LogP) is 4.20. The van der Waals surface area contributed by atoms with Crippen molar-refractivity contribution in [1.29, 1.82) is 0 Å². The molecular formula is C23H30N2O3S. The molecule has 0 heterocycles. The molecule has 6 heteroatoms. The first-order chi connectivity index (χ1) is 13.9. The van der Waals surface area contributed by atoms with E-state index in [2.05, 4.69) is 5.32 Å². The fraction of sp³-hybridized carbons (Fsp3) is 0.435. The largest absolute Gasteiger partial charge is 0.354 e. The summed E-state index contributed by atoms with van der Waals surface area (Å²) in [7, 11) is -3.85. The highest BCUT2D eigenvalue weighted by Gasteiger charge is 2.27. The van der Waals surface area contributed by atoms with Crippen LogP contribution in [0.25, 0.3) is 0 Å². The highest BCUT2D eigenvalue weighted by molar-refractivity contribution is 7.92. The summed E-state index contributed by atoms with van der Waals surface area (Å²) in [6, 6.07) is 13.9. The number of amides is 1. The Morgan fingerprint density at radius 1 is 0.931 bits per heavy atom. The van der Waals surface area contributed by atoms with Gasteiger partial charge in [0.25, 0.3) is 10.0 Å². The summed E-state index contributed by atoms with van der Waals surface area (Å²) in [5, 5.41) is 2.95. The lowest BCUT2D eigenvalue weighted by Crippen LogP contribution is -2.42. The average molecular weight is 415 g/mol. The molecule has 3 rings (SSSR count). The van der Waals surface area contributed by atoms with Crippen molar-refractivity contribution in [3.8, 4) is 0 Å². The summed E-state index contributed by atoms with van der Waals surface area (Å²) in [4.78, 5) is 12.8. The lowest BCUT2D eigenvalue weighted by atomic mass is 9.89. The number of benzene rings is 2. The first-order valence-electron chi connectivity index (χ1n) is 10.3. The van der Waals surface area contributed by atoms with E-state index in [4.69, 9.17) is 0 Å². The van der Waals surface area contributed by atoms with Gasteiger partial charge in [-0.05, 0) is 56.9 Å². The van der Waals surface area contributed by atoms with Crippen LogP contribution in [0.3, 0.4) is 0 Å². The van der Waals surface area contributed by atoms with Gasteiger partial charge in [-0.25, -0.2) is 8.42 Å². The van der Waals surface area contributed by atoms with Crippen molar-refractivity contribution in [2.24, 2.45) is 5.92 Å². The van der Waals surface area contributed by atoms with E-state index in [1.807, 2.05) is 26.0 Å². The van der Waals surface area contributed by atoms with E-state index in [1.165, 1.54) is 23.6 Å². The van der Waals surface area contributed by atoms with Gasteiger partial charge in [-0.15, -0.1) is 0 Å². The summed E-state index contributed by atoms with van der Waals surface area (Å²) >= 11 is 0. The summed E-state index contributed by atoms with van der Waals surface area (Å²) in [6.45, 7) is 4.24. The maximum absolute atomic E-state index is 13.3. The van der Waals surface area contributed by atoms with Crippen LogP contribution in [0.1, 0.15) is 43.2 Å². The molecule has 0 aromatic heterocycles. The molecule has 1 saturated carbocycles. The third kappa shape index (κ3) is 5.60. The van der Waals surface area contributed by atoms with Crippen LogP contribution in [0.2, 0.25) is 0 Å². The van der Waals surface area contributed by atoms with Crippen molar-refractivity contribution in [2.45, 2.75) is 50.8 Å². The minimum atomic E-state index is -3.85. The number of carbonyl (C=O) groups excluding carboxylic acids is 1. The Morgan fingerprint density at radius 3 is 2.07 bits per heavy atom. The highest BCUT2D eigenvalue weighted by Crippen LogP contribution is 2.25. The maximum Gasteiger partial charge on any atom is 0.264 e. The zero-order valence-electron chi connectivity index (χ0n) is 17.2. The number of carbonyl (C=O) groups is 1. The van der Waals surface area contributed by atoms with Crippen molar-refractivity contribution < 1.29 is 13.2 Å². The van der Waals surface area contributed by atoms with Gasteiger partial charge < -0.3 is 5.32 Å². The molecule has 0 atom stereocenters. The molecule has 5 nitrogen and oxygen atoms in total. The van der Waals surface area contributed by atoms with E-state index in [1.54, 1.807) is 36.4 Å². The number of anilines is 1. The Kier molecular flexibility index (Phi) is 6.96. The van der Waals surface area contributed by atoms with Gasteiger partial charge in [-0.1, -0.05) is 54.7 Å². The molecule has 29 heavy (non-hydrogen) atoms. The predicted molar refractivity (Wildman–Crippen MR) is 116 cm³/mol. The van der Waals surface area contributed by atoms with Crippen LogP contribution in [-0.2, 0) is 14.8 Å². The molecule has 1 N–H and O–H groups in total. The normalized spacial score (nSPS) is 15.1. The van der Waals surface area contributed by atoms with Gasteiger partial charge in [0.05, 0.1) is 10.6 Å². The maximum atomic E-state index is 13.3. The fourth-order valence-electron chi connectivity index (χ4n) is 3.70. The minimum Gasteiger partial charge on any atom is -0.354 e. The molecule has 0 aliphatic heterocycles. The van der Waals surface area contributed by atoms with E-state index in [0.717, 1.165) is 24.0 Å². The molecule has 0 radical (unpaired) electrons. The van der Waals surface area contributed by atoms with E-state index in [9.17, 15) is 13.2 Å². The monoisotopic (exact) mass is 414 g/mol. The van der Waals surface area contributed by atoms with Crippen LogP contribution in [0.4, 0.5) is 5.69 Å². The second kappa shape index (κ2) is 9.44. The van der Waals surface area contributed by atoms with Gasteiger partial charge in [-0.3, -0.25) is 9.10 Å². The number of rotatable bonds is 7. The molecule has 2 aromatic rings. The zero-order valence-corrected chi connectivity index (χ0v) is 18.0. The molecule has 1 fully saturated rings. The first-order valence-corrected chi connectivity index (χ1v) is 11.7. The molecule has 1 aliphatic carbocycles. The molecular weight excluding hydrogens is 384 g/mol. The zero-order chi connectivity index (χ0) is 20.9. The molecule has 0 spiro atoms. The van der Waals surface area contributed by atoms with Gasteiger partial charge in [0.1, 0.15) is 6.54 Å². The lowest BCUT2D eigenvalue weighted by molar-refractivity contribution is -0.119. The highest BCUT2D eigenvalue weighted by atomic mass is 32.2. The average Bonchev–Trinajstić information content (AvgIpc) is 2.72. The third-order valence-electron chi connectivity index (χ3n) is 5.53. The van der Waals surface area contributed by atoms with E-state index < -0.39 is 10.0 Å². The summed E-state index contributed by atoms with van der Waals surface area (Å²) in [5.74, 6) is 0.223. The number of aryl methyl sites for hydroxylation is 2. The van der Waals surface area contributed by atoms with E-state index in [0.29, 0.717) is 18.2 Å². The third-order valence-corrected chi connectivity index (χ3v) is 7.32. The minimum absolute atomic E-state index is 0.184. The smallest absolute Gasteiger partial charge is 0.264 e. The van der Waals surface area contributed by atoms with Gasteiger partial charge in [0, 0.05) is 6.54 Å². The van der Waals surface area contributed by atoms with Crippen LogP contribution in [0.5, 0.6) is 0 Å². The van der Waals surface area contributed by atoms with Gasteiger partial charge >= 0.3 is 0 Å². The molecule has 2 aromatic carbocycles. The van der Waals surface area contributed by atoms with Crippen molar-refractivity contribution >= 4 is 21.6 Å². The Hall–Kier alpha value is -2.34. The standard InChI is InChI=1S/C23H30N2O3S/c1-18-8-12-21(13-9-18)25(29(27,28)22-14-10-19(2)11-15-22)17-23(26)24-16-20-6-4-3-5-7-20/h8-15,20H,3-7,16-17H2,1-2H3,(H,24,26). The number of sulfonamides is 1. The summed E-state index contributed by atoms with van der Waals surface area (Å²) in [6.07, 6.45) is 5.93. The second-order valence-electron chi connectivity index (χ2n) is 7.97. The molecule has 0 saturated heterocycles. The number of nitrogens with one attached hydrogen (secondary N) is 1. The Bertz CT molecular complexity index is 916. The number of hydrogen-bond acceptors (Lipinski definition) is 3. The molecule has 156 valence electrons. The van der Waals surface area contributed by atoms with Crippen molar-refractivity contribution in [1.82, 2.24) is 5.32 Å². The molecule has 0 bridgehead atoms. The topological polar surface area (TPSA) is 66.5 Å². The van der Waals surface area contributed by atoms with Crippen LogP contribution in [-0.4, -0.2) is 27.4 Å². The first kappa shape index (κ1) is 21.4. The van der Waals surface area contributed by atoms with Crippen molar-refractivity contribution in [3.63, 3.8) is 0 Å². The SMILES string of the molecule is Cc1ccc(N(CC(=O)NCC2CCCCC2)S(=O)(=O)c2ccc(C)cc2)cc1. The number of nitrogens with zero attached hydrogens (tertiary/aromatic N) is 1. The van der Waals surface area contributed by atoms with Crippen LogP contribution >= 0.6 is 0 Å². The Morgan fingerprint density at radius 2 is 1.48 bits per heavy atom. The summed E-state index contributed by atoms with van der Waals surface area (Å²) < 4.78 is 27.8. The van der Waals surface area contributed by atoms with Gasteiger partial charge in [0.2, 0.25) is 5.91 Å². The van der Waals surface area contributed by atoms with E-state index >= 15 is 0 Å². The fourth-order valence-corrected chi connectivity index (χ4v) is 5.12. The van der Waals surface area contributed by atoms with Crippen LogP contribution in [0.15, 0.2) is 53.4 Å². The Labute approximate surface area is 174 Å². The van der Waals surface area contributed by atoms with Gasteiger partial charge in [-0.2, -0.15) is 0 Å². The van der Waals surface area contributed by atoms with Crippen molar-refractivity contribution in [2.75, 3.05) is 17.4 Å². The van der Waals surface area contributed by atoms with Crippen LogP contribution in [0, 0.1) is 19.8 Å². The number of hydrogen-bond donors (Lipinski definition) is 1. The quantitative estimate of drug-likeness (QED) is 0.739. The van der Waals surface area contributed by atoms with Crippen molar-refractivity contribution in [3.05, 3.63) is 59.7 Å². The molecule has 0 unspecified atom stereocenters. The second-order valence-corrected chi connectivity index (χ2v) is 9.83. The van der Waals surface area contributed by atoms with Gasteiger partial charge in [0.15, 0.2) is 0 Å². The molecule has 1 amide bonds. The summed E-state index contributed by atoms with van der Waals surface area (Å²) in [5.41, 5.74) is 2.50. The van der Waals surface area contributed by atoms with Crippen LogP contribution < -0.4 is 9.62 Å².